The molecule has 0 fully saturated rings. The van der Waals surface area contributed by atoms with E-state index in [0.717, 1.165) is 50.0 Å². The van der Waals surface area contributed by atoms with E-state index in [1.807, 2.05) is 19.1 Å². The highest BCUT2D eigenvalue weighted by atomic mass is 16.5. The first kappa shape index (κ1) is 18.2. The van der Waals surface area contributed by atoms with Gasteiger partial charge in [-0.2, -0.15) is 5.10 Å². The van der Waals surface area contributed by atoms with Gasteiger partial charge in [0.2, 0.25) is 0 Å². The fourth-order valence-corrected chi connectivity index (χ4v) is 2.59. The average molecular weight is 325 g/mol. The summed E-state index contributed by atoms with van der Waals surface area (Å²) in [5.41, 5.74) is 9.20. The molecule has 1 heterocycles. The Balaban J connectivity index is 1.63. The lowest BCUT2D eigenvalue weighted by molar-refractivity contribution is 0.117. The van der Waals surface area contributed by atoms with E-state index in [0.29, 0.717) is 18.4 Å². The molecule has 0 radical (unpaired) electrons. The van der Waals surface area contributed by atoms with Gasteiger partial charge in [0, 0.05) is 23.8 Å². The largest absolute Gasteiger partial charge is 0.385 e. The monoisotopic (exact) mass is 325 g/mol. The van der Waals surface area contributed by atoms with Crippen molar-refractivity contribution in [1.29, 1.82) is 0 Å². The fourth-order valence-electron chi connectivity index (χ4n) is 2.59. The van der Waals surface area contributed by atoms with Crippen molar-refractivity contribution in [3.8, 4) is 11.8 Å². The predicted octanol–water partition coefficient (Wildman–Crippen LogP) is 3.89. The first-order chi connectivity index (χ1) is 11.7. The molecule has 0 saturated heterocycles. The van der Waals surface area contributed by atoms with Crippen molar-refractivity contribution < 1.29 is 4.74 Å². The summed E-state index contributed by atoms with van der Waals surface area (Å²) in [5, 5.41) is 8.38. The Bertz CT molecular complexity index is 652. The number of unbranched alkanes of at least 4 members (excludes halogenated alkanes) is 1. The van der Waals surface area contributed by atoms with Crippen molar-refractivity contribution in [3.05, 3.63) is 35.4 Å². The minimum Gasteiger partial charge on any atom is -0.385 e. The standard InChI is InChI=1S/C20H27N3O/c1-3-7-17-8-6-9-18(14-17)15-24-13-5-4-10-19-12-11-16(2)20(21)23-22-19/h6,8-9,14,16H,4-5,10-13,15H2,1-2H3,(H2,21,23)/t16-/m1/s1. The van der Waals surface area contributed by atoms with Gasteiger partial charge in [-0.05, 0) is 56.7 Å². The third-order valence-electron chi connectivity index (χ3n) is 4.15. The van der Waals surface area contributed by atoms with Crippen LogP contribution in [0.25, 0.3) is 0 Å². The maximum atomic E-state index is 5.83. The van der Waals surface area contributed by atoms with E-state index in [1.54, 1.807) is 0 Å². The molecular weight excluding hydrogens is 298 g/mol. The van der Waals surface area contributed by atoms with E-state index in [4.69, 9.17) is 10.5 Å². The zero-order chi connectivity index (χ0) is 17.2. The summed E-state index contributed by atoms with van der Waals surface area (Å²) in [6.07, 6.45) is 5.12. The van der Waals surface area contributed by atoms with Crippen LogP contribution in [0.4, 0.5) is 0 Å². The molecule has 4 heteroatoms. The van der Waals surface area contributed by atoms with E-state index in [9.17, 15) is 0 Å². The Hall–Kier alpha value is -2.12. The molecule has 0 amide bonds. The summed E-state index contributed by atoms with van der Waals surface area (Å²) in [6, 6.07) is 8.20. The molecule has 4 nitrogen and oxygen atoms in total. The van der Waals surface area contributed by atoms with Gasteiger partial charge in [-0.1, -0.05) is 25.0 Å². The third kappa shape index (κ3) is 6.17. The van der Waals surface area contributed by atoms with Gasteiger partial charge in [-0.25, -0.2) is 0 Å². The summed E-state index contributed by atoms with van der Waals surface area (Å²) in [5.74, 6) is 6.98. The minimum absolute atomic E-state index is 0.336. The SMILES string of the molecule is CC#Cc1cccc(COCCCCC2=NN=C(N)[C@H](C)CC2)c1. The second-order valence-electron chi connectivity index (χ2n) is 6.22. The number of hydrogen-bond acceptors (Lipinski definition) is 4. The van der Waals surface area contributed by atoms with Crippen molar-refractivity contribution in [2.75, 3.05) is 6.61 Å². The van der Waals surface area contributed by atoms with Crippen LogP contribution in [0.15, 0.2) is 34.5 Å². The lowest BCUT2D eigenvalue weighted by atomic mass is 10.0. The highest BCUT2D eigenvalue weighted by Gasteiger charge is 2.12. The first-order valence-electron chi connectivity index (χ1n) is 8.67. The number of nitrogens with two attached hydrogens (primary N) is 1. The molecule has 0 aliphatic carbocycles. The van der Waals surface area contributed by atoms with E-state index >= 15 is 0 Å². The van der Waals surface area contributed by atoms with E-state index < -0.39 is 0 Å². The number of rotatable bonds is 7. The molecule has 24 heavy (non-hydrogen) atoms. The molecule has 1 atom stereocenters. The summed E-state index contributed by atoms with van der Waals surface area (Å²) in [6.45, 7) is 5.35. The molecule has 0 aromatic heterocycles. The summed E-state index contributed by atoms with van der Waals surface area (Å²) in [4.78, 5) is 0. The number of hydrogen-bond donors (Lipinski definition) is 1. The molecule has 0 unspecified atom stereocenters. The Morgan fingerprint density at radius 1 is 1.29 bits per heavy atom. The molecule has 0 bridgehead atoms. The highest BCUT2D eigenvalue weighted by molar-refractivity contribution is 5.89. The predicted molar refractivity (Wildman–Crippen MR) is 100.0 cm³/mol. The lowest BCUT2D eigenvalue weighted by Gasteiger charge is -2.07. The van der Waals surface area contributed by atoms with Crippen LogP contribution in [0.2, 0.25) is 0 Å². The van der Waals surface area contributed by atoms with E-state index in [2.05, 4.69) is 41.1 Å². The molecule has 1 aromatic rings. The summed E-state index contributed by atoms with van der Waals surface area (Å²) in [7, 11) is 0. The normalized spacial score (nSPS) is 17.3. The van der Waals surface area contributed by atoms with Gasteiger partial charge in [-0.15, -0.1) is 11.0 Å². The molecule has 2 rings (SSSR count). The Morgan fingerprint density at radius 3 is 3.00 bits per heavy atom. The highest BCUT2D eigenvalue weighted by Crippen LogP contribution is 2.14. The molecule has 0 saturated carbocycles. The molecule has 0 spiro atoms. The summed E-state index contributed by atoms with van der Waals surface area (Å²) >= 11 is 0. The molecule has 128 valence electrons. The van der Waals surface area contributed by atoms with Gasteiger partial charge in [-0.3, -0.25) is 0 Å². The van der Waals surface area contributed by atoms with Gasteiger partial charge in [0.1, 0.15) is 5.84 Å². The van der Waals surface area contributed by atoms with E-state index in [-0.39, 0.29) is 0 Å². The summed E-state index contributed by atoms with van der Waals surface area (Å²) < 4.78 is 5.77. The number of amidine groups is 1. The van der Waals surface area contributed by atoms with Crippen molar-refractivity contribution in [1.82, 2.24) is 0 Å². The molecular formula is C20H27N3O. The maximum Gasteiger partial charge on any atom is 0.125 e. The molecule has 2 N–H and O–H groups in total. The van der Waals surface area contributed by atoms with Crippen LogP contribution in [-0.4, -0.2) is 18.2 Å². The second kappa shape index (κ2) is 9.89. The van der Waals surface area contributed by atoms with Crippen LogP contribution in [0.5, 0.6) is 0 Å². The second-order valence-corrected chi connectivity index (χ2v) is 6.22. The van der Waals surface area contributed by atoms with Crippen LogP contribution in [-0.2, 0) is 11.3 Å². The van der Waals surface area contributed by atoms with Crippen LogP contribution in [0, 0.1) is 17.8 Å². The van der Waals surface area contributed by atoms with Crippen LogP contribution in [0.1, 0.15) is 57.1 Å². The molecule has 1 aromatic carbocycles. The Morgan fingerprint density at radius 2 is 2.17 bits per heavy atom. The zero-order valence-corrected chi connectivity index (χ0v) is 14.7. The van der Waals surface area contributed by atoms with Crippen molar-refractivity contribution in [2.45, 2.75) is 52.6 Å². The number of benzene rings is 1. The van der Waals surface area contributed by atoms with Gasteiger partial charge < -0.3 is 10.5 Å². The van der Waals surface area contributed by atoms with Crippen LogP contribution in [0.3, 0.4) is 0 Å². The molecule has 1 aliphatic heterocycles. The number of nitrogens with zero attached hydrogens (tertiary/aromatic N) is 2. The van der Waals surface area contributed by atoms with Crippen LogP contribution >= 0.6 is 0 Å². The third-order valence-corrected chi connectivity index (χ3v) is 4.15. The smallest absolute Gasteiger partial charge is 0.125 e. The van der Waals surface area contributed by atoms with Crippen molar-refractivity contribution in [2.24, 2.45) is 21.9 Å². The van der Waals surface area contributed by atoms with Gasteiger partial charge >= 0.3 is 0 Å². The van der Waals surface area contributed by atoms with Gasteiger partial charge in [0.05, 0.1) is 6.61 Å². The topological polar surface area (TPSA) is 60.0 Å². The lowest BCUT2D eigenvalue weighted by Crippen LogP contribution is -2.19. The fraction of sp³-hybridized carbons (Fsp3) is 0.500. The Kier molecular flexibility index (Phi) is 7.51. The Labute approximate surface area is 145 Å². The van der Waals surface area contributed by atoms with Crippen LogP contribution < -0.4 is 5.73 Å². The molecule has 1 aliphatic rings. The number of ether oxygens (including phenoxy) is 1. The van der Waals surface area contributed by atoms with Crippen molar-refractivity contribution in [3.63, 3.8) is 0 Å². The van der Waals surface area contributed by atoms with Gasteiger partial charge in [0.15, 0.2) is 0 Å². The van der Waals surface area contributed by atoms with Gasteiger partial charge in [0.25, 0.3) is 0 Å². The first-order valence-corrected chi connectivity index (χ1v) is 8.67. The maximum absolute atomic E-state index is 5.83. The quantitative estimate of drug-likeness (QED) is 0.611. The van der Waals surface area contributed by atoms with E-state index in [1.165, 1.54) is 5.56 Å². The van der Waals surface area contributed by atoms with Crippen molar-refractivity contribution >= 4 is 11.5 Å². The minimum atomic E-state index is 0.336. The zero-order valence-electron chi connectivity index (χ0n) is 14.7. The average Bonchev–Trinajstić information content (AvgIpc) is 2.74.